The van der Waals surface area contributed by atoms with Gasteiger partial charge < -0.3 is 0 Å². The zero-order chi connectivity index (χ0) is 20.8. The number of carbonyl (C=O) groups excluding carboxylic acids is 1. The Bertz CT molecular complexity index is 1050. The fourth-order valence-corrected chi connectivity index (χ4v) is 3.33. The highest BCUT2D eigenvalue weighted by atomic mass is 32.2. The molecule has 2 aromatic rings. The standard InChI is InChI=1S/C15H14N4O7S2/c20-15(18-16-9-11-5-1-3-7-13(11)27(21,22)23)19-17-10-12-6-2-4-8-14(12)28(24,25)26/h1-10H,(H2,18,19,20)(H,21,22,23)(H,24,25,26)/b16-9-,17-10-. The number of hydrogen-bond acceptors (Lipinski definition) is 7. The lowest BCUT2D eigenvalue weighted by Crippen LogP contribution is -2.28. The van der Waals surface area contributed by atoms with E-state index in [2.05, 4.69) is 10.2 Å². The molecule has 4 N–H and O–H groups in total. The van der Waals surface area contributed by atoms with Crippen molar-refractivity contribution in [2.24, 2.45) is 10.2 Å². The third-order valence-corrected chi connectivity index (χ3v) is 4.99. The predicted octanol–water partition coefficient (Wildman–Crippen LogP) is 0.847. The summed E-state index contributed by atoms with van der Waals surface area (Å²) in [5.41, 5.74) is 4.08. The van der Waals surface area contributed by atoms with Crippen LogP contribution in [0.5, 0.6) is 0 Å². The van der Waals surface area contributed by atoms with Gasteiger partial charge in [-0.05, 0) is 12.1 Å². The average Bonchev–Trinajstić information content (AvgIpc) is 2.61. The van der Waals surface area contributed by atoms with E-state index in [0.717, 1.165) is 24.6 Å². The van der Waals surface area contributed by atoms with E-state index in [0.29, 0.717) is 0 Å². The van der Waals surface area contributed by atoms with Gasteiger partial charge in [0, 0.05) is 11.1 Å². The molecule has 0 aromatic heterocycles. The van der Waals surface area contributed by atoms with Crippen LogP contribution in [0.15, 0.2) is 68.5 Å². The van der Waals surface area contributed by atoms with E-state index in [9.17, 15) is 21.6 Å². The number of hydrazone groups is 2. The van der Waals surface area contributed by atoms with Gasteiger partial charge in [-0.15, -0.1) is 0 Å². The maximum absolute atomic E-state index is 11.6. The summed E-state index contributed by atoms with van der Waals surface area (Å²) >= 11 is 0. The van der Waals surface area contributed by atoms with Crippen LogP contribution in [-0.4, -0.2) is 44.4 Å². The van der Waals surface area contributed by atoms with Crippen LogP contribution in [0.4, 0.5) is 4.79 Å². The molecular weight excluding hydrogens is 412 g/mol. The largest absolute Gasteiger partial charge is 0.355 e. The summed E-state index contributed by atoms with van der Waals surface area (Å²) < 4.78 is 63.2. The summed E-state index contributed by atoms with van der Waals surface area (Å²) in [7, 11) is -8.92. The van der Waals surface area contributed by atoms with Crippen LogP contribution in [0.25, 0.3) is 0 Å². The molecule has 11 nitrogen and oxygen atoms in total. The topological polar surface area (TPSA) is 175 Å². The molecule has 148 valence electrons. The van der Waals surface area contributed by atoms with Crippen molar-refractivity contribution in [3.05, 3.63) is 59.7 Å². The molecule has 2 rings (SSSR count). The molecule has 0 fully saturated rings. The van der Waals surface area contributed by atoms with Gasteiger partial charge in [0.2, 0.25) is 0 Å². The van der Waals surface area contributed by atoms with Crippen LogP contribution < -0.4 is 10.9 Å². The Morgan fingerprint density at radius 3 is 1.46 bits per heavy atom. The Morgan fingerprint density at radius 2 is 1.11 bits per heavy atom. The summed E-state index contributed by atoms with van der Waals surface area (Å²) in [6.45, 7) is 0. The van der Waals surface area contributed by atoms with E-state index in [4.69, 9.17) is 9.11 Å². The van der Waals surface area contributed by atoms with E-state index in [1.165, 1.54) is 36.4 Å². The van der Waals surface area contributed by atoms with Crippen LogP contribution in [0.1, 0.15) is 11.1 Å². The van der Waals surface area contributed by atoms with E-state index in [-0.39, 0.29) is 20.9 Å². The zero-order valence-electron chi connectivity index (χ0n) is 13.9. The molecule has 0 aliphatic heterocycles. The SMILES string of the molecule is O=C(N/N=C\c1ccccc1S(=O)(=O)O)N/N=C\c1ccccc1S(=O)(=O)O. The van der Waals surface area contributed by atoms with Gasteiger partial charge in [-0.3, -0.25) is 9.11 Å². The van der Waals surface area contributed by atoms with Crippen molar-refractivity contribution in [1.29, 1.82) is 0 Å². The molecule has 0 spiro atoms. The summed E-state index contributed by atoms with van der Waals surface area (Å²) in [5, 5.41) is 7.05. The first-order chi connectivity index (χ1) is 13.1. The molecule has 0 atom stereocenters. The predicted molar refractivity (Wildman–Crippen MR) is 99.4 cm³/mol. The van der Waals surface area contributed by atoms with Crippen LogP contribution in [-0.2, 0) is 20.2 Å². The Labute approximate surface area is 160 Å². The minimum Gasteiger partial charge on any atom is -0.282 e. The Hall–Kier alpha value is -3.13. The van der Waals surface area contributed by atoms with Crippen molar-refractivity contribution in [3.63, 3.8) is 0 Å². The molecule has 2 amide bonds. The minimum atomic E-state index is -4.46. The smallest absolute Gasteiger partial charge is 0.282 e. The lowest BCUT2D eigenvalue weighted by Gasteiger charge is -2.02. The molecule has 0 radical (unpaired) electrons. The first kappa shape index (κ1) is 21.2. The summed E-state index contributed by atoms with van der Waals surface area (Å²) in [6, 6.07) is 9.94. The second kappa shape index (κ2) is 8.71. The third kappa shape index (κ3) is 5.95. The molecule has 13 heteroatoms. The Kier molecular flexibility index (Phi) is 6.58. The van der Waals surface area contributed by atoms with E-state index in [1.54, 1.807) is 0 Å². The van der Waals surface area contributed by atoms with Crippen LogP contribution in [0, 0.1) is 0 Å². The van der Waals surface area contributed by atoms with Crippen molar-refractivity contribution < 1.29 is 30.7 Å². The number of benzene rings is 2. The monoisotopic (exact) mass is 426 g/mol. The second-order valence-corrected chi connectivity index (χ2v) is 7.87. The zero-order valence-corrected chi connectivity index (χ0v) is 15.6. The maximum atomic E-state index is 11.6. The Balaban J connectivity index is 2.02. The van der Waals surface area contributed by atoms with Gasteiger partial charge in [-0.2, -0.15) is 27.0 Å². The van der Waals surface area contributed by atoms with E-state index in [1.807, 2.05) is 10.9 Å². The second-order valence-electron chi connectivity index (χ2n) is 5.09. The van der Waals surface area contributed by atoms with Crippen LogP contribution in [0.3, 0.4) is 0 Å². The summed E-state index contributed by atoms with van der Waals surface area (Å²) in [5.74, 6) is 0. The molecule has 0 heterocycles. The molecular formula is C15H14N4O7S2. The fraction of sp³-hybridized carbons (Fsp3) is 0. The lowest BCUT2D eigenvalue weighted by molar-refractivity contribution is 0.242. The van der Waals surface area contributed by atoms with Gasteiger partial charge in [0.1, 0.15) is 9.79 Å². The van der Waals surface area contributed by atoms with Gasteiger partial charge in [0.25, 0.3) is 20.2 Å². The number of rotatable bonds is 6. The quantitative estimate of drug-likeness (QED) is 0.301. The van der Waals surface area contributed by atoms with Gasteiger partial charge in [-0.1, -0.05) is 36.4 Å². The van der Waals surface area contributed by atoms with Crippen molar-refractivity contribution in [3.8, 4) is 0 Å². The highest BCUT2D eigenvalue weighted by Crippen LogP contribution is 2.13. The first-order valence-corrected chi connectivity index (χ1v) is 10.2. The fourth-order valence-electron chi connectivity index (χ4n) is 1.99. The molecule has 0 bridgehead atoms. The van der Waals surface area contributed by atoms with Crippen molar-refractivity contribution in [1.82, 2.24) is 10.9 Å². The molecule has 0 saturated carbocycles. The highest BCUT2D eigenvalue weighted by molar-refractivity contribution is 7.86. The number of nitrogens with zero attached hydrogens (tertiary/aromatic N) is 2. The highest BCUT2D eigenvalue weighted by Gasteiger charge is 2.14. The van der Waals surface area contributed by atoms with Gasteiger partial charge >= 0.3 is 6.03 Å². The van der Waals surface area contributed by atoms with Crippen molar-refractivity contribution in [2.75, 3.05) is 0 Å². The van der Waals surface area contributed by atoms with Gasteiger partial charge in [0.05, 0.1) is 12.4 Å². The number of amides is 2. The average molecular weight is 426 g/mol. The Morgan fingerprint density at radius 1 is 0.750 bits per heavy atom. The van der Waals surface area contributed by atoms with Crippen molar-refractivity contribution in [2.45, 2.75) is 9.79 Å². The third-order valence-electron chi connectivity index (χ3n) is 3.13. The number of carbonyl (C=O) groups is 1. The van der Waals surface area contributed by atoms with Crippen LogP contribution in [0.2, 0.25) is 0 Å². The van der Waals surface area contributed by atoms with Crippen LogP contribution >= 0.6 is 0 Å². The summed E-state index contributed by atoms with van der Waals surface area (Å²) in [6.07, 6.45) is 2.00. The normalized spacial score (nSPS) is 12.4. The first-order valence-electron chi connectivity index (χ1n) is 7.34. The minimum absolute atomic E-state index is 0.0379. The molecule has 0 saturated heterocycles. The molecule has 0 aliphatic rings. The number of urea groups is 1. The van der Waals surface area contributed by atoms with E-state index >= 15 is 0 Å². The maximum Gasteiger partial charge on any atom is 0.355 e. The van der Waals surface area contributed by atoms with E-state index < -0.39 is 26.3 Å². The number of nitrogens with one attached hydrogen (secondary N) is 2. The van der Waals surface area contributed by atoms with Crippen molar-refractivity contribution >= 4 is 38.7 Å². The molecule has 2 aromatic carbocycles. The lowest BCUT2D eigenvalue weighted by atomic mass is 10.2. The number of hydrogen-bond donors (Lipinski definition) is 4. The van der Waals surface area contributed by atoms with Gasteiger partial charge in [0.15, 0.2) is 0 Å². The van der Waals surface area contributed by atoms with Gasteiger partial charge in [-0.25, -0.2) is 15.6 Å². The molecule has 0 unspecified atom stereocenters. The molecule has 28 heavy (non-hydrogen) atoms. The summed E-state index contributed by atoms with van der Waals surface area (Å²) in [4.78, 5) is 10.8. The molecule has 0 aliphatic carbocycles.